The maximum Gasteiger partial charge on any atom is 0.247 e. The van der Waals surface area contributed by atoms with Gasteiger partial charge in [0.2, 0.25) is 5.91 Å². The second-order valence-corrected chi connectivity index (χ2v) is 3.20. The first kappa shape index (κ1) is 12.2. The number of nitrogens with one attached hydrogen (secondary N) is 1. The van der Waals surface area contributed by atoms with E-state index < -0.39 is 0 Å². The van der Waals surface area contributed by atoms with E-state index >= 15 is 0 Å². The predicted molar refractivity (Wildman–Crippen MR) is 53.3 cm³/mol. The van der Waals surface area contributed by atoms with Gasteiger partial charge in [-0.15, -0.1) is 0 Å². The minimum atomic E-state index is -0.0640. The first-order chi connectivity index (χ1) is 6.13. The molecule has 0 bridgehead atoms. The van der Waals surface area contributed by atoms with Crippen molar-refractivity contribution in [2.75, 3.05) is 13.2 Å². The zero-order valence-corrected chi connectivity index (χ0v) is 8.63. The van der Waals surface area contributed by atoms with Crippen LogP contribution in [0.25, 0.3) is 0 Å². The van der Waals surface area contributed by atoms with Crippen LogP contribution in [0.5, 0.6) is 0 Å². The minimum absolute atomic E-state index is 0.0107. The van der Waals surface area contributed by atoms with Gasteiger partial charge in [0.15, 0.2) is 0 Å². The van der Waals surface area contributed by atoms with E-state index in [1.807, 2.05) is 26.8 Å². The molecule has 0 saturated carbocycles. The molecule has 0 radical (unpaired) electrons. The molecule has 0 aromatic rings. The van der Waals surface area contributed by atoms with Crippen LogP contribution in [-0.2, 0) is 4.79 Å². The van der Waals surface area contributed by atoms with Gasteiger partial charge < -0.3 is 10.4 Å². The lowest BCUT2D eigenvalue weighted by molar-refractivity contribution is -0.118. The highest BCUT2D eigenvalue weighted by Gasteiger charge is 2.11. The van der Waals surface area contributed by atoms with Crippen molar-refractivity contribution >= 4 is 5.91 Å². The van der Waals surface area contributed by atoms with Gasteiger partial charge in [-0.2, -0.15) is 0 Å². The van der Waals surface area contributed by atoms with E-state index in [-0.39, 0.29) is 18.4 Å². The quantitative estimate of drug-likeness (QED) is 0.630. The molecular weight excluding hydrogens is 166 g/mol. The largest absolute Gasteiger partial charge is 0.395 e. The van der Waals surface area contributed by atoms with Crippen molar-refractivity contribution < 1.29 is 9.90 Å². The van der Waals surface area contributed by atoms with E-state index in [0.717, 1.165) is 12.0 Å². The van der Waals surface area contributed by atoms with Gasteiger partial charge >= 0.3 is 0 Å². The Morgan fingerprint density at radius 3 is 2.54 bits per heavy atom. The van der Waals surface area contributed by atoms with Crippen LogP contribution in [0.2, 0.25) is 0 Å². The zero-order valence-electron chi connectivity index (χ0n) is 8.63. The normalized spacial score (nSPS) is 11.9. The molecule has 0 aliphatic rings. The van der Waals surface area contributed by atoms with Gasteiger partial charge in [0.05, 0.1) is 6.61 Å². The van der Waals surface area contributed by atoms with Crippen LogP contribution >= 0.6 is 0 Å². The number of hydrogen-bond donors (Lipinski definition) is 2. The average Bonchev–Trinajstić information content (AvgIpc) is 2.09. The summed E-state index contributed by atoms with van der Waals surface area (Å²) in [6, 6.07) is 0. The molecule has 0 aliphatic carbocycles. The molecule has 0 aromatic carbocycles. The van der Waals surface area contributed by atoms with Gasteiger partial charge in [-0.1, -0.05) is 26.8 Å². The number of carbonyl (C=O) groups excluding carboxylic acids is 1. The SMILES string of the molecule is CC/C=C(/C(=O)NCCO)C(C)C. The van der Waals surface area contributed by atoms with E-state index in [0.29, 0.717) is 6.54 Å². The summed E-state index contributed by atoms with van der Waals surface area (Å²) in [6.07, 6.45) is 2.79. The summed E-state index contributed by atoms with van der Waals surface area (Å²) < 4.78 is 0. The predicted octanol–water partition coefficient (Wildman–Crippen LogP) is 1.09. The average molecular weight is 185 g/mol. The van der Waals surface area contributed by atoms with Crippen molar-refractivity contribution in [3.05, 3.63) is 11.6 Å². The fourth-order valence-electron chi connectivity index (χ4n) is 1.08. The van der Waals surface area contributed by atoms with Crippen molar-refractivity contribution in [2.45, 2.75) is 27.2 Å². The molecule has 0 rings (SSSR count). The van der Waals surface area contributed by atoms with E-state index in [1.54, 1.807) is 0 Å². The van der Waals surface area contributed by atoms with Crippen molar-refractivity contribution in [1.29, 1.82) is 0 Å². The number of rotatable bonds is 5. The maximum atomic E-state index is 11.4. The maximum absolute atomic E-state index is 11.4. The Morgan fingerprint density at radius 2 is 2.15 bits per heavy atom. The summed E-state index contributed by atoms with van der Waals surface area (Å²) in [5.41, 5.74) is 0.802. The molecule has 3 heteroatoms. The summed E-state index contributed by atoms with van der Waals surface area (Å²) in [5, 5.41) is 11.2. The summed E-state index contributed by atoms with van der Waals surface area (Å²) in [4.78, 5) is 11.4. The van der Waals surface area contributed by atoms with Crippen molar-refractivity contribution in [3.8, 4) is 0 Å². The molecule has 0 atom stereocenters. The van der Waals surface area contributed by atoms with E-state index in [2.05, 4.69) is 5.32 Å². The second kappa shape index (κ2) is 6.66. The molecule has 76 valence electrons. The fourth-order valence-corrected chi connectivity index (χ4v) is 1.08. The van der Waals surface area contributed by atoms with Crippen LogP contribution in [-0.4, -0.2) is 24.2 Å². The molecule has 13 heavy (non-hydrogen) atoms. The van der Waals surface area contributed by atoms with E-state index in [1.165, 1.54) is 0 Å². The summed E-state index contributed by atoms with van der Waals surface area (Å²) in [7, 11) is 0. The lowest BCUT2D eigenvalue weighted by Crippen LogP contribution is -2.29. The molecule has 0 fully saturated rings. The molecule has 0 unspecified atom stereocenters. The van der Waals surface area contributed by atoms with Crippen LogP contribution in [0.1, 0.15) is 27.2 Å². The molecule has 2 N–H and O–H groups in total. The van der Waals surface area contributed by atoms with E-state index in [4.69, 9.17) is 5.11 Å². The Hall–Kier alpha value is -0.830. The van der Waals surface area contributed by atoms with Crippen LogP contribution in [0.4, 0.5) is 0 Å². The highest BCUT2D eigenvalue weighted by atomic mass is 16.3. The van der Waals surface area contributed by atoms with Gasteiger partial charge in [0.1, 0.15) is 0 Å². The molecule has 0 spiro atoms. The fraction of sp³-hybridized carbons (Fsp3) is 0.700. The molecule has 1 amide bonds. The van der Waals surface area contributed by atoms with Crippen LogP contribution in [0.15, 0.2) is 11.6 Å². The molecule has 3 nitrogen and oxygen atoms in total. The Balaban J connectivity index is 4.21. The highest BCUT2D eigenvalue weighted by molar-refractivity contribution is 5.93. The first-order valence-electron chi connectivity index (χ1n) is 4.72. The minimum Gasteiger partial charge on any atom is -0.395 e. The van der Waals surface area contributed by atoms with Gasteiger partial charge in [0, 0.05) is 12.1 Å². The third kappa shape index (κ3) is 4.68. The Bertz CT molecular complexity index is 185. The Labute approximate surface area is 79.8 Å². The molecular formula is C10H19NO2. The summed E-state index contributed by atoms with van der Waals surface area (Å²) >= 11 is 0. The highest BCUT2D eigenvalue weighted by Crippen LogP contribution is 2.10. The third-order valence-electron chi connectivity index (χ3n) is 1.71. The van der Waals surface area contributed by atoms with Crippen molar-refractivity contribution in [3.63, 3.8) is 0 Å². The smallest absolute Gasteiger partial charge is 0.247 e. The monoisotopic (exact) mass is 185 g/mol. The summed E-state index contributed by atoms with van der Waals surface area (Å²) in [6.45, 7) is 6.29. The lowest BCUT2D eigenvalue weighted by Gasteiger charge is -2.10. The number of aliphatic hydroxyl groups is 1. The number of carbonyl (C=O) groups is 1. The van der Waals surface area contributed by atoms with Gasteiger partial charge in [-0.05, 0) is 12.3 Å². The Kier molecular flexibility index (Phi) is 6.24. The number of allylic oxidation sites excluding steroid dienone is 1. The van der Waals surface area contributed by atoms with Crippen LogP contribution in [0, 0.1) is 5.92 Å². The van der Waals surface area contributed by atoms with Gasteiger partial charge in [0.25, 0.3) is 0 Å². The molecule has 0 heterocycles. The zero-order chi connectivity index (χ0) is 10.3. The molecule has 0 aliphatic heterocycles. The van der Waals surface area contributed by atoms with Gasteiger partial charge in [-0.3, -0.25) is 4.79 Å². The second-order valence-electron chi connectivity index (χ2n) is 3.20. The number of aliphatic hydroxyl groups excluding tert-OH is 1. The Morgan fingerprint density at radius 1 is 1.54 bits per heavy atom. The topological polar surface area (TPSA) is 49.3 Å². The van der Waals surface area contributed by atoms with Gasteiger partial charge in [-0.25, -0.2) is 0 Å². The van der Waals surface area contributed by atoms with E-state index in [9.17, 15) is 4.79 Å². The third-order valence-corrected chi connectivity index (χ3v) is 1.71. The van der Waals surface area contributed by atoms with Crippen molar-refractivity contribution in [1.82, 2.24) is 5.32 Å². The summed E-state index contributed by atoms with van der Waals surface area (Å²) in [5.74, 6) is 0.171. The van der Waals surface area contributed by atoms with Crippen LogP contribution in [0.3, 0.4) is 0 Å². The molecule has 0 aromatic heterocycles. The molecule has 0 saturated heterocycles. The number of hydrogen-bond acceptors (Lipinski definition) is 2. The number of amides is 1. The van der Waals surface area contributed by atoms with Crippen molar-refractivity contribution in [2.24, 2.45) is 5.92 Å². The lowest BCUT2D eigenvalue weighted by atomic mass is 10.0. The standard InChI is InChI=1S/C10H19NO2/c1-4-5-9(8(2)3)10(13)11-6-7-12/h5,8,12H,4,6-7H2,1-3H3,(H,11,13)/b9-5+. The van der Waals surface area contributed by atoms with Crippen LogP contribution < -0.4 is 5.32 Å². The first-order valence-corrected chi connectivity index (χ1v) is 4.72.